The minimum absolute atomic E-state index is 0.118. The molecule has 0 saturated heterocycles. The Morgan fingerprint density at radius 1 is 1.04 bits per heavy atom. The summed E-state index contributed by atoms with van der Waals surface area (Å²) in [7, 11) is 0. The Labute approximate surface area is 137 Å². The molecule has 0 fully saturated rings. The fourth-order valence-electron chi connectivity index (χ4n) is 2.49. The molecule has 23 heavy (non-hydrogen) atoms. The molecule has 1 aromatic carbocycles. The molecule has 0 atom stereocenters. The summed E-state index contributed by atoms with van der Waals surface area (Å²) in [6, 6.07) is 17.5. The number of carbonyl (C=O) groups is 1. The normalized spacial score (nSPS) is 11.0. The van der Waals surface area contributed by atoms with Crippen LogP contribution in [0.3, 0.4) is 0 Å². The predicted octanol–water partition coefficient (Wildman–Crippen LogP) is 3.88. The van der Waals surface area contributed by atoms with Gasteiger partial charge in [0.15, 0.2) is 17.3 Å². The van der Waals surface area contributed by atoms with Crippen LogP contribution in [-0.4, -0.2) is 20.4 Å². The molecule has 5 heteroatoms. The number of ketones is 1. The van der Waals surface area contributed by atoms with Crippen molar-refractivity contribution in [1.29, 1.82) is 0 Å². The lowest BCUT2D eigenvalue weighted by molar-refractivity contribution is 0.0993. The molecule has 112 valence electrons. The molecule has 0 aliphatic rings. The third-order valence-corrected chi connectivity index (χ3v) is 4.59. The van der Waals surface area contributed by atoms with Gasteiger partial charge in [0.1, 0.15) is 0 Å². The number of thiophene rings is 1. The minimum atomic E-state index is 0.118. The van der Waals surface area contributed by atoms with E-state index in [-0.39, 0.29) is 5.78 Å². The largest absolute Gasteiger partial charge is 0.294 e. The summed E-state index contributed by atoms with van der Waals surface area (Å²) in [5.74, 6) is 0.886. The lowest BCUT2D eigenvalue weighted by Crippen LogP contribution is -2.01. The van der Waals surface area contributed by atoms with Crippen LogP contribution in [0.15, 0.2) is 66.2 Å². The first-order valence-corrected chi connectivity index (χ1v) is 8.15. The Morgan fingerprint density at radius 2 is 1.87 bits per heavy atom. The van der Waals surface area contributed by atoms with E-state index in [9.17, 15) is 4.79 Å². The number of pyridine rings is 1. The monoisotopic (exact) mass is 319 g/mol. The van der Waals surface area contributed by atoms with Gasteiger partial charge in [-0.25, -0.2) is 0 Å². The van der Waals surface area contributed by atoms with Gasteiger partial charge in [0, 0.05) is 23.6 Å². The summed E-state index contributed by atoms with van der Waals surface area (Å²) in [5, 5.41) is 10.3. The van der Waals surface area contributed by atoms with Crippen molar-refractivity contribution in [2.45, 2.75) is 6.42 Å². The van der Waals surface area contributed by atoms with E-state index in [4.69, 9.17) is 0 Å². The highest BCUT2D eigenvalue weighted by molar-refractivity contribution is 7.13. The van der Waals surface area contributed by atoms with Crippen LogP contribution in [0.2, 0.25) is 0 Å². The Morgan fingerprint density at radius 3 is 2.74 bits per heavy atom. The number of fused-ring (bicyclic) bond motifs is 1. The first kappa shape index (κ1) is 13.8. The molecule has 0 aliphatic heterocycles. The van der Waals surface area contributed by atoms with Gasteiger partial charge in [-0.2, -0.15) is 0 Å². The number of rotatable bonds is 4. The van der Waals surface area contributed by atoms with Crippen LogP contribution in [0.5, 0.6) is 0 Å². The lowest BCUT2D eigenvalue weighted by Gasteiger charge is -1.98. The van der Waals surface area contributed by atoms with E-state index in [1.54, 1.807) is 0 Å². The highest BCUT2D eigenvalue weighted by Gasteiger charge is 2.14. The quantitative estimate of drug-likeness (QED) is 0.536. The number of aromatic nitrogens is 3. The zero-order chi connectivity index (χ0) is 15.6. The topological polar surface area (TPSA) is 47.3 Å². The van der Waals surface area contributed by atoms with Crippen molar-refractivity contribution in [3.05, 3.63) is 77.3 Å². The summed E-state index contributed by atoms with van der Waals surface area (Å²) < 4.78 is 1.93. The Balaban J connectivity index is 1.63. The van der Waals surface area contributed by atoms with Crippen molar-refractivity contribution in [2.75, 3.05) is 0 Å². The van der Waals surface area contributed by atoms with Gasteiger partial charge in [-0.15, -0.1) is 21.5 Å². The molecule has 4 aromatic rings. The van der Waals surface area contributed by atoms with Gasteiger partial charge in [0.05, 0.1) is 4.88 Å². The smallest absolute Gasteiger partial charge is 0.178 e. The van der Waals surface area contributed by atoms with Crippen molar-refractivity contribution in [3.8, 4) is 10.7 Å². The molecule has 0 amide bonds. The molecule has 4 rings (SSSR count). The van der Waals surface area contributed by atoms with E-state index in [1.807, 2.05) is 70.6 Å². The van der Waals surface area contributed by atoms with Gasteiger partial charge in [-0.1, -0.05) is 36.4 Å². The summed E-state index contributed by atoms with van der Waals surface area (Å²) in [4.78, 5) is 13.4. The van der Waals surface area contributed by atoms with E-state index in [2.05, 4.69) is 10.2 Å². The van der Waals surface area contributed by atoms with Gasteiger partial charge >= 0.3 is 0 Å². The van der Waals surface area contributed by atoms with E-state index in [0.29, 0.717) is 6.42 Å². The number of hydrogen-bond donors (Lipinski definition) is 0. The molecule has 3 aromatic heterocycles. The molecule has 3 heterocycles. The summed E-state index contributed by atoms with van der Waals surface area (Å²) >= 11 is 1.52. The maximum Gasteiger partial charge on any atom is 0.178 e. The number of carbonyl (C=O) groups excluding carboxylic acids is 1. The standard InChI is InChI=1S/C18H13N3OS/c22-15(10-13-6-2-1-3-7-13)14-11-16(23-12-14)18-20-19-17-8-4-5-9-21(17)18/h1-9,11-12H,10H2. The van der Waals surface area contributed by atoms with E-state index in [0.717, 1.165) is 27.5 Å². The number of hydrogen-bond acceptors (Lipinski definition) is 4. The molecule has 0 bridgehead atoms. The van der Waals surface area contributed by atoms with Crippen LogP contribution < -0.4 is 0 Å². The van der Waals surface area contributed by atoms with E-state index < -0.39 is 0 Å². The first-order chi connectivity index (χ1) is 11.3. The van der Waals surface area contributed by atoms with Crippen molar-refractivity contribution in [2.24, 2.45) is 0 Å². The van der Waals surface area contributed by atoms with Gasteiger partial charge < -0.3 is 0 Å². The average Bonchev–Trinajstić information content (AvgIpc) is 3.22. The van der Waals surface area contributed by atoms with Crippen LogP contribution in [0.4, 0.5) is 0 Å². The summed E-state index contributed by atoms with van der Waals surface area (Å²) in [6.07, 6.45) is 2.34. The molecule has 0 radical (unpaired) electrons. The minimum Gasteiger partial charge on any atom is -0.294 e. The van der Waals surface area contributed by atoms with Gasteiger partial charge in [0.2, 0.25) is 0 Å². The molecule has 0 saturated carbocycles. The van der Waals surface area contributed by atoms with E-state index in [1.165, 1.54) is 11.3 Å². The third-order valence-electron chi connectivity index (χ3n) is 3.66. The van der Waals surface area contributed by atoms with Crippen molar-refractivity contribution >= 4 is 22.8 Å². The van der Waals surface area contributed by atoms with Crippen LogP contribution in [0, 0.1) is 0 Å². The molecule has 0 unspecified atom stereocenters. The highest BCUT2D eigenvalue weighted by Crippen LogP contribution is 2.26. The second-order valence-electron chi connectivity index (χ2n) is 5.24. The lowest BCUT2D eigenvalue weighted by atomic mass is 10.1. The Hall–Kier alpha value is -2.79. The molecule has 4 nitrogen and oxygen atoms in total. The molecule has 0 spiro atoms. The van der Waals surface area contributed by atoms with Crippen LogP contribution >= 0.6 is 11.3 Å². The zero-order valence-electron chi connectivity index (χ0n) is 12.2. The van der Waals surface area contributed by atoms with Crippen molar-refractivity contribution in [3.63, 3.8) is 0 Å². The van der Waals surface area contributed by atoms with Crippen molar-refractivity contribution in [1.82, 2.24) is 14.6 Å². The second-order valence-corrected chi connectivity index (χ2v) is 6.15. The number of nitrogens with zero attached hydrogens (tertiary/aromatic N) is 3. The molecule has 0 aliphatic carbocycles. The van der Waals surface area contributed by atoms with Crippen LogP contribution in [0.25, 0.3) is 16.3 Å². The SMILES string of the molecule is O=C(Cc1ccccc1)c1csc(-c2nnc3ccccn23)c1. The predicted molar refractivity (Wildman–Crippen MR) is 90.8 cm³/mol. The Kier molecular flexibility index (Phi) is 3.48. The summed E-state index contributed by atoms with van der Waals surface area (Å²) in [5.41, 5.74) is 2.55. The fourth-order valence-corrected chi connectivity index (χ4v) is 3.39. The molecule has 0 N–H and O–H groups in total. The van der Waals surface area contributed by atoms with Gasteiger partial charge in [-0.3, -0.25) is 9.20 Å². The number of Topliss-reactive ketones (excluding diaryl/α,β-unsaturated/α-hetero) is 1. The summed E-state index contributed by atoms with van der Waals surface area (Å²) in [6.45, 7) is 0. The van der Waals surface area contributed by atoms with Gasteiger partial charge in [-0.05, 0) is 23.8 Å². The van der Waals surface area contributed by atoms with Crippen LogP contribution in [0.1, 0.15) is 15.9 Å². The maximum atomic E-state index is 12.4. The maximum absolute atomic E-state index is 12.4. The second kappa shape index (κ2) is 5.78. The van der Waals surface area contributed by atoms with Crippen molar-refractivity contribution < 1.29 is 4.79 Å². The fraction of sp³-hybridized carbons (Fsp3) is 0.0556. The average molecular weight is 319 g/mol. The molecular weight excluding hydrogens is 306 g/mol. The van der Waals surface area contributed by atoms with Gasteiger partial charge in [0.25, 0.3) is 0 Å². The first-order valence-electron chi connectivity index (χ1n) is 7.27. The molecular formula is C18H13N3OS. The third kappa shape index (κ3) is 2.66. The number of benzene rings is 1. The Bertz CT molecular complexity index is 972. The van der Waals surface area contributed by atoms with Crippen LogP contribution in [-0.2, 0) is 6.42 Å². The van der Waals surface area contributed by atoms with E-state index >= 15 is 0 Å². The zero-order valence-corrected chi connectivity index (χ0v) is 13.0. The highest BCUT2D eigenvalue weighted by atomic mass is 32.1.